The third-order valence-electron chi connectivity index (χ3n) is 3.76. The minimum Gasteiger partial charge on any atom is -0.435 e. The molecule has 2 heterocycles. The van der Waals surface area contributed by atoms with Crippen molar-refractivity contribution in [1.82, 2.24) is 9.97 Å². The van der Waals surface area contributed by atoms with E-state index in [-0.39, 0.29) is 0 Å². The first kappa shape index (κ1) is 16.1. The smallest absolute Gasteiger partial charge is 0.256 e. The van der Waals surface area contributed by atoms with Gasteiger partial charge in [0.25, 0.3) is 5.91 Å². The summed E-state index contributed by atoms with van der Waals surface area (Å²) in [6.07, 6.45) is 2.79. The second kappa shape index (κ2) is 6.41. The SMILES string of the molecule is CCCC(C)(O)C(=O)Nc1ccc2nc(-c3ccccn3)oc2c1. The molecule has 2 aromatic heterocycles. The molecule has 0 bridgehead atoms. The van der Waals surface area contributed by atoms with Gasteiger partial charge in [0.1, 0.15) is 16.8 Å². The van der Waals surface area contributed by atoms with Crippen LogP contribution in [0.5, 0.6) is 0 Å². The van der Waals surface area contributed by atoms with Crippen LogP contribution in [0.2, 0.25) is 0 Å². The molecular weight excluding hydrogens is 306 g/mol. The van der Waals surface area contributed by atoms with Crippen LogP contribution < -0.4 is 5.32 Å². The predicted octanol–water partition coefficient (Wildman–Crippen LogP) is 3.38. The maximum absolute atomic E-state index is 12.2. The van der Waals surface area contributed by atoms with Crippen molar-refractivity contribution in [1.29, 1.82) is 0 Å². The van der Waals surface area contributed by atoms with E-state index in [9.17, 15) is 9.90 Å². The van der Waals surface area contributed by atoms with Gasteiger partial charge >= 0.3 is 0 Å². The molecule has 1 unspecified atom stereocenters. The summed E-state index contributed by atoms with van der Waals surface area (Å²) < 4.78 is 5.72. The Morgan fingerprint density at radius 2 is 2.17 bits per heavy atom. The monoisotopic (exact) mass is 325 g/mol. The van der Waals surface area contributed by atoms with E-state index in [0.29, 0.717) is 34.8 Å². The predicted molar refractivity (Wildman–Crippen MR) is 91.4 cm³/mol. The van der Waals surface area contributed by atoms with Crippen molar-refractivity contribution in [3.63, 3.8) is 0 Å². The number of oxazole rings is 1. The molecule has 3 rings (SSSR count). The first-order chi connectivity index (χ1) is 11.5. The highest BCUT2D eigenvalue weighted by atomic mass is 16.3. The number of hydrogen-bond acceptors (Lipinski definition) is 5. The standard InChI is InChI=1S/C18H19N3O3/c1-3-9-18(2,23)17(22)20-12-7-8-13-15(11-12)24-16(21-13)14-6-4-5-10-19-14/h4-8,10-11,23H,3,9H2,1-2H3,(H,20,22). The lowest BCUT2D eigenvalue weighted by atomic mass is 9.99. The van der Waals surface area contributed by atoms with E-state index in [1.807, 2.05) is 25.1 Å². The van der Waals surface area contributed by atoms with Gasteiger partial charge in [0, 0.05) is 18.0 Å². The van der Waals surface area contributed by atoms with E-state index in [0.717, 1.165) is 6.42 Å². The van der Waals surface area contributed by atoms with Gasteiger partial charge in [0.2, 0.25) is 5.89 Å². The number of amides is 1. The van der Waals surface area contributed by atoms with Gasteiger partial charge in [-0.2, -0.15) is 0 Å². The van der Waals surface area contributed by atoms with Crippen molar-refractivity contribution >= 4 is 22.7 Å². The summed E-state index contributed by atoms with van der Waals surface area (Å²) in [5.74, 6) is -0.0137. The van der Waals surface area contributed by atoms with Crippen LogP contribution in [-0.2, 0) is 4.79 Å². The Morgan fingerprint density at radius 3 is 2.88 bits per heavy atom. The molecule has 0 aliphatic rings. The third-order valence-corrected chi connectivity index (χ3v) is 3.76. The molecule has 124 valence electrons. The Kier molecular flexibility index (Phi) is 4.31. The van der Waals surface area contributed by atoms with Gasteiger partial charge in [-0.1, -0.05) is 19.4 Å². The number of nitrogens with one attached hydrogen (secondary N) is 1. The number of pyridine rings is 1. The fraction of sp³-hybridized carbons (Fsp3) is 0.278. The first-order valence-corrected chi connectivity index (χ1v) is 7.85. The van der Waals surface area contributed by atoms with Gasteiger partial charge in [0.15, 0.2) is 5.58 Å². The topological polar surface area (TPSA) is 88.2 Å². The molecular formula is C18H19N3O3. The van der Waals surface area contributed by atoms with E-state index in [1.54, 1.807) is 24.4 Å². The fourth-order valence-electron chi connectivity index (χ4n) is 2.47. The number of rotatable bonds is 5. The number of carbonyl (C=O) groups excluding carboxylic acids is 1. The van der Waals surface area contributed by atoms with E-state index in [4.69, 9.17) is 4.42 Å². The van der Waals surface area contributed by atoms with E-state index < -0.39 is 11.5 Å². The van der Waals surface area contributed by atoms with Crippen LogP contribution in [0.3, 0.4) is 0 Å². The number of carbonyl (C=O) groups is 1. The lowest BCUT2D eigenvalue weighted by Crippen LogP contribution is -2.39. The average Bonchev–Trinajstić information content (AvgIpc) is 2.99. The second-order valence-electron chi connectivity index (χ2n) is 5.89. The van der Waals surface area contributed by atoms with Crippen molar-refractivity contribution in [2.75, 3.05) is 5.32 Å². The molecule has 3 aromatic rings. The number of fused-ring (bicyclic) bond motifs is 1. The van der Waals surface area contributed by atoms with E-state index >= 15 is 0 Å². The van der Waals surface area contributed by atoms with Gasteiger partial charge in [-0.3, -0.25) is 9.78 Å². The lowest BCUT2D eigenvalue weighted by Gasteiger charge is -2.21. The van der Waals surface area contributed by atoms with Gasteiger partial charge in [0.05, 0.1) is 0 Å². The van der Waals surface area contributed by atoms with Gasteiger partial charge in [-0.05, 0) is 37.6 Å². The molecule has 0 aliphatic carbocycles. The average molecular weight is 325 g/mol. The molecule has 0 saturated carbocycles. The highest BCUT2D eigenvalue weighted by molar-refractivity contribution is 5.98. The summed E-state index contributed by atoms with van der Waals surface area (Å²) in [4.78, 5) is 20.8. The molecule has 6 heteroatoms. The van der Waals surface area contributed by atoms with Crippen molar-refractivity contribution in [3.05, 3.63) is 42.6 Å². The van der Waals surface area contributed by atoms with Crippen molar-refractivity contribution in [3.8, 4) is 11.6 Å². The molecule has 1 atom stereocenters. The minimum atomic E-state index is -1.40. The number of aromatic nitrogens is 2. The summed E-state index contributed by atoms with van der Waals surface area (Å²) in [7, 11) is 0. The van der Waals surface area contributed by atoms with Gasteiger partial charge in [-0.15, -0.1) is 0 Å². The summed E-state index contributed by atoms with van der Waals surface area (Å²) in [6, 6.07) is 10.7. The Bertz CT molecular complexity index is 856. The molecule has 6 nitrogen and oxygen atoms in total. The minimum absolute atomic E-state index is 0.396. The quantitative estimate of drug-likeness (QED) is 0.751. The van der Waals surface area contributed by atoms with Crippen molar-refractivity contribution < 1.29 is 14.3 Å². The number of aliphatic hydroxyl groups is 1. The Morgan fingerprint density at radius 1 is 1.33 bits per heavy atom. The molecule has 24 heavy (non-hydrogen) atoms. The van der Waals surface area contributed by atoms with Crippen molar-refractivity contribution in [2.24, 2.45) is 0 Å². The van der Waals surface area contributed by atoms with Crippen LogP contribution >= 0.6 is 0 Å². The largest absolute Gasteiger partial charge is 0.435 e. The second-order valence-corrected chi connectivity index (χ2v) is 5.89. The lowest BCUT2D eigenvalue weighted by molar-refractivity contribution is -0.133. The maximum Gasteiger partial charge on any atom is 0.256 e. The Labute approximate surface area is 139 Å². The summed E-state index contributed by atoms with van der Waals surface area (Å²) in [6.45, 7) is 3.43. The molecule has 0 fully saturated rings. The summed E-state index contributed by atoms with van der Waals surface area (Å²) >= 11 is 0. The molecule has 1 aromatic carbocycles. The number of hydrogen-bond donors (Lipinski definition) is 2. The first-order valence-electron chi connectivity index (χ1n) is 7.85. The Hall–Kier alpha value is -2.73. The summed E-state index contributed by atoms with van der Waals surface area (Å²) in [5.41, 5.74) is 1.01. The van der Waals surface area contributed by atoms with Gasteiger partial charge < -0.3 is 14.8 Å². The number of nitrogens with zero attached hydrogens (tertiary/aromatic N) is 2. The van der Waals surface area contributed by atoms with Crippen molar-refractivity contribution in [2.45, 2.75) is 32.3 Å². The highest BCUT2D eigenvalue weighted by Gasteiger charge is 2.29. The van der Waals surface area contributed by atoms with E-state index in [1.165, 1.54) is 6.92 Å². The molecule has 0 saturated heterocycles. The van der Waals surface area contributed by atoms with Crippen LogP contribution in [-0.4, -0.2) is 26.6 Å². The molecule has 1 amide bonds. The fourth-order valence-corrected chi connectivity index (χ4v) is 2.47. The van der Waals surface area contributed by atoms with Crippen LogP contribution in [0.15, 0.2) is 47.0 Å². The normalized spacial score (nSPS) is 13.6. The molecule has 0 spiro atoms. The van der Waals surface area contributed by atoms with Crippen LogP contribution in [0.1, 0.15) is 26.7 Å². The zero-order valence-corrected chi connectivity index (χ0v) is 13.6. The molecule has 2 N–H and O–H groups in total. The Balaban J connectivity index is 1.85. The van der Waals surface area contributed by atoms with Crippen LogP contribution in [0.25, 0.3) is 22.7 Å². The number of benzene rings is 1. The number of anilines is 1. The highest BCUT2D eigenvalue weighted by Crippen LogP contribution is 2.25. The van der Waals surface area contributed by atoms with Crippen LogP contribution in [0.4, 0.5) is 5.69 Å². The maximum atomic E-state index is 12.2. The molecule has 0 aliphatic heterocycles. The third kappa shape index (κ3) is 3.28. The zero-order valence-electron chi connectivity index (χ0n) is 13.6. The van der Waals surface area contributed by atoms with Crippen LogP contribution in [0, 0.1) is 0 Å². The zero-order chi connectivity index (χ0) is 17.2. The van der Waals surface area contributed by atoms with E-state index in [2.05, 4.69) is 15.3 Å². The molecule has 0 radical (unpaired) electrons. The van der Waals surface area contributed by atoms with Gasteiger partial charge in [-0.25, -0.2) is 4.98 Å². The summed E-state index contributed by atoms with van der Waals surface area (Å²) in [5, 5.41) is 12.9.